The summed E-state index contributed by atoms with van der Waals surface area (Å²) in [6.45, 7) is 14.0. The number of nitrogens with zero attached hydrogens (tertiary/aromatic N) is 2. The van der Waals surface area contributed by atoms with E-state index in [1.54, 1.807) is 27.9 Å². The quantitative estimate of drug-likeness (QED) is 0.108. The summed E-state index contributed by atoms with van der Waals surface area (Å²) < 4.78 is 12.1. The second-order valence-electron chi connectivity index (χ2n) is 23.1. The van der Waals surface area contributed by atoms with Crippen LogP contribution in [0.3, 0.4) is 0 Å². The second kappa shape index (κ2) is 24.1. The fourth-order valence-corrected chi connectivity index (χ4v) is 10.7. The molecule has 2 fully saturated rings. The molecule has 3 aromatic rings. The summed E-state index contributed by atoms with van der Waals surface area (Å²) in [6.07, 6.45) is 3.00. The summed E-state index contributed by atoms with van der Waals surface area (Å²) in [5.74, 6) is -4.20. The Labute approximate surface area is 446 Å². The molecule has 0 saturated carbocycles. The zero-order valence-corrected chi connectivity index (χ0v) is 45.7. The third-order valence-corrected chi connectivity index (χ3v) is 15.4. The second-order valence-corrected chi connectivity index (χ2v) is 23.1. The molecule has 76 heavy (non-hydrogen) atoms. The molecule has 0 spiro atoms. The number of fused-ring (bicyclic) bond motifs is 2. The molecule has 2 aliphatic heterocycles. The molecule has 4 aliphatic rings. The molecular weight excluding hydrogens is 969 g/mol. The Morgan fingerprint density at radius 1 is 0.553 bits per heavy atom. The van der Waals surface area contributed by atoms with Gasteiger partial charge in [-0.05, 0) is 118 Å². The van der Waals surface area contributed by atoms with E-state index in [1.807, 2.05) is 90.1 Å². The lowest BCUT2D eigenvalue weighted by atomic mass is 9.85. The van der Waals surface area contributed by atoms with Crippen molar-refractivity contribution < 1.29 is 47.8 Å². The summed E-state index contributed by atoms with van der Waals surface area (Å²) in [7, 11) is 3.28. The Kier molecular flexibility index (Phi) is 18.1. The normalized spacial score (nSPS) is 22.9. The highest BCUT2D eigenvalue weighted by Gasteiger charge is 2.49. The lowest BCUT2D eigenvalue weighted by Gasteiger charge is -2.36. The van der Waals surface area contributed by atoms with Crippen molar-refractivity contribution in [2.24, 2.45) is 10.8 Å². The van der Waals surface area contributed by atoms with Gasteiger partial charge in [0.1, 0.15) is 36.4 Å². The highest BCUT2D eigenvalue weighted by molar-refractivity contribution is 5.97. The van der Waals surface area contributed by atoms with Gasteiger partial charge in [0.2, 0.25) is 35.4 Å². The van der Waals surface area contributed by atoms with Crippen molar-refractivity contribution in [3.05, 3.63) is 106 Å². The predicted octanol–water partition coefficient (Wildman–Crippen LogP) is 4.60. The molecule has 0 radical (unpaired) electrons. The van der Waals surface area contributed by atoms with Gasteiger partial charge < -0.3 is 51.2 Å². The van der Waals surface area contributed by atoms with Crippen molar-refractivity contribution in [1.29, 1.82) is 0 Å². The Hall–Kier alpha value is -6.66. The lowest BCUT2D eigenvalue weighted by molar-refractivity contribution is -0.144. The molecule has 2 saturated heterocycles. The number of rotatable bonds is 16. The highest BCUT2D eigenvalue weighted by atomic mass is 16.5. The van der Waals surface area contributed by atoms with Gasteiger partial charge in [-0.15, -0.1) is 0 Å². The Morgan fingerprint density at radius 3 is 1.30 bits per heavy atom. The summed E-state index contributed by atoms with van der Waals surface area (Å²) >= 11 is 0. The smallest absolute Gasteiger partial charge is 0.338 e. The summed E-state index contributed by atoms with van der Waals surface area (Å²) in [6, 6.07) is 15.7. The minimum atomic E-state index is -1.04. The molecule has 6 N–H and O–H groups in total. The molecule has 7 rings (SSSR count). The van der Waals surface area contributed by atoms with Crippen molar-refractivity contribution in [3.8, 4) is 0 Å². The molecule has 2 heterocycles. The summed E-state index contributed by atoms with van der Waals surface area (Å²) in [4.78, 5) is 115. The standard InChI is InChI=1S/C58H78N8O10/c1-33(59-9)49(67)63-47(57(3,4)5)53(71)65-31-39(29-45(65)51(69)61-43-26-16-20-35-18-11-13-24-41(35)43)75-55(73)37-22-15-23-38(28-37)56(74)76-40-30-46(52(70)62-44-27-17-21-36-19-12-14-25-42(36)44)66(32-40)54(72)48(58(6,7)8)64-50(68)34(2)60-10/h11-15,18-19,22-25,28,33-34,39-40,43-48,59-60H,16-17,20-21,26-27,29-32H2,1-10H3,(H,61,69)(H,62,70)(H,63,67)(H,64,68). The van der Waals surface area contributed by atoms with Crippen molar-refractivity contribution in [2.45, 2.75) is 167 Å². The first kappa shape index (κ1) is 57.1. The number of carbonyl (C=O) groups is 8. The maximum Gasteiger partial charge on any atom is 0.338 e. The number of likely N-dealkylation sites (tertiary alicyclic amines) is 2. The monoisotopic (exact) mass is 1050 g/mol. The number of hydrogen-bond donors (Lipinski definition) is 6. The van der Waals surface area contributed by atoms with E-state index in [1.165, 1.54) is 34.1 Å². The first-order chi connectivity index (χ1) is 36.0. The van der Waals surface area contributed by atoms with Crippen LogP contribution in [0.15, 0.2) is 72.8 Å². The number of aryl methyl sites for hydroxylation is 2. The van der Waals surface area contributed by atoms with E-state index in [9.17, 15) is 38.4 Å². The first-order valence-corrected chi connectivity index (χ1v) is 26.8. The molecule has 18 heteroatoms. The van der Waals surface area contributed by atoms with Crippen LogP contribution in [-0.4, -0.2) is 133 Å². The number of carbonyl (C=O) groups excluding carboxylic acids is 8. The van der Waals surface area contributed by atoms with Gasteiger partial charge in [0, 0.05) is 12.8 Å². The number of ether oxygens (including phenoxy) is 2. The van der Waals surface area contributed by atoms with Crippen LogP contribution in [0.25, 0.3) is 0 Å². The largest absolute Gasteiger partial charge is 0.457 e. The number of likely N-dealkylation sites (N-methyl/N-ethyl adjacent to an activating group) is 2. The molecule has 10 unspecified atom stereocenters. The van der Waals surface area contributed by atoms with Gasteiger partial charge in [-0.25, -0.2) is 9.59 Å². The van der Waals surface area contributed by atoms with E-state index in [4.69, 9.17) is 9.47 Å². The third-order valence-electron chi connectivity index (χ3n) is 15.4. The van der Waals surface area contributed by atoms with E-state index >= 15 is 0 Å². The fraction of sp³-hybridized carbons (Fsp3) is 0.552. The minimum absolute atomic E-state index is 0.00715. The summed E-state index contributed by atoms with van der Waals surface area (Å²) in [5.41, 5.74) is 2.79. The number of nitrogens with one attached hydrogen (secondary N) is 6. The van der Waals surface area contributed by atoms with Gasteiger partial charge in [0.05, 0.1) is 48.4 Å². The topological polar surface area (TPSA) is 234 Å². The van der Waals surface area contributed by atoms with E-state index in [-0.39, 0.29) is 49.1 Å². The van der Waals surface area contributed by atoms with Gasteiger partial charge in [0.15, 0.2) is 0 Å². The van der Waals surface area contributed by atoms with E-state index in [2.05, 4.69) is 31.9 Å². The zero-order valence-electron chi connectivity index (χ0n) is 45.7. The summed E-state index contributed by atoms with van der Waals surface area (Å²) in [5, 5.41) is 17.9. The van der Waals surface area contributed by atoms with Crippen LogP contribution < -0.4 is 31.9 Å². The van der Waals surface area contributed by atoms with E-state index in [0.717, 1.165) is 47.9 Å². The molecule has 0 aromatic heterocycles. The fourth-order valence-electron chi connectivity index (χ4n) is 10.7. The number of hydrogen-bond acceptors (Lipinski definition) is 12. The molecule has 410 valence electrons. The molecule has 10 atom stereocenters. The third kappa shape index (κ3) is 13.3. The van der Waals surface area contributed by atoms with Crippen LogP contribution in [0, 0.1) is 10.8 Å². The number of amides is 6. The van der Waals surface area contributed by atoms with E-state index in [0.29, 0.717) is 12.8 Å². The van der Waals surface area contributed by atoms with Gasteiger partial charge >= 0.3 is 11.9 Å². The molecule has 0 bridgehead atoms. The van der Waals surface area contributed by atoms with Gasteiger partial charge in [-0.3, -0.25) is 28.8 Å². The van der Waals surface area contributed by atoms with Crippen LogP contribution in [0.4, 0.5) is 0 Å². The van der Waals surface area contributed by atoms with Gasteiger partial charge in [-0.1, -0.05) is 96.1 Å². The Bertz CT molecular complexity index is 2490. The molecule has 2 aliphatic carbocycles. The maximum absolute atomic E-state index is 14.7. The molecule has 6 amide bonds. The minimum Gasteiger partial charge on any atom is -0.457 e. The van der Waals surface area contributed by atoms with Gasteiger partial charge in [-0.2, -0.15) is 0 Å². The van der Waals surface area contributed by atoms with Crippen molar-refractivity contribution in [2.75, 3.05) is 27.2 Å². The average molecular weight is 1050 g/mol. The lowest BCUT2D eigenvalue weighted by Crippen LogP contribution is -2.59. The number of benzene rings is 3. The zero-order chi connectivity index (χ0) is 55.2. The first-order valence-electron chi connectivity index (χ1n) is 26.8. The molecule has 3 aromatic carbocycles. The van der Waals surface area contributed by atoms with Crippen LogP contribution in [0.2, 0.25) is 0 Å². The van der Waals surface area contributed by atoms with Crippen LogP contribution in [0.5, 0.6) is 0 Å². The van der Waals surface area contributed by atoms with Crippen molar-refractivity contribution in [3.63, 3.8) is 0 Å². The van der Waals surface area contributed by atoms with Gasteiger partial charge in [0.25, 0.3) is 0 Å². The maximum atomic E-state index is 14.7. The highest BCUT2D eigenvalue weighted by Crippen LogP contribution is 2.34. The van der Waals surface area contributed by atoms with Crippen LogP contribution in [-0.2, 0) is 51.1 Å². The Balaban J connectivity index is 1.09. The van der Waals surface area contributed by atoms with Crippen molar-refractivity contribution >= 4 is 47.4 Å². The van der Waals surface area contributed by atoms with Crippen LogP contribution in [0.1, 0.15) is 149 Å². The SMILES string of the molecule is CNC(C)C(=O)NC(C(=O)N1CC(OC(=O)c2cccc(C(=O)OC3CC(C(=O)NC4CCCc5ccccc54)N(C(=O)C(NC(=O)C(C)NC)C(C)(C)C)C3)c2)CC1C(=O)NC1CCCc2ccccc21)C(C)(C)C. The Morgan fingerprint density at radius 2 is 0.934 bits per heavy atom. The van der Waals surface area contributed by atoms with Crippen LogP contribution >= 0.6 is 0 Å². The average Bonchev–Trinajstić information content (AvgIpc) is 4.03. The number of esters is 2. The predicted molar refractivity (Wildman–Crippen MR) is 285 cm³/mol. The molecule has 18 nitrogen and oxygen atoms in total. The van der Waals surface area contributed by atoms with Crippen molar-refractivity contribution in [1.82, 2.24) is 41.7 Å². The molecular formula is C58H78N8O10. The van der Waals surface area contributed by atoms with E-state index < -0.39 is 107 Å².